The van der Waals surface area contributed by atoms with Crippen LogP contribution in [0.5, 0.6) is 0 Å². The molecule has 0 saturated heterocycles. The number of carbonyl (C=O) groups is 2. The van der Waals surface area contributed by atoms with Crippen molar-refractivity contribution in [2.24, 2.45) is 5.73 Å². The number of nitrogens with zero attached hydrogens (tertiary/aromatic N) is 1. The highest BCUT2D eigenvalue weighted by molar-refractivity contribution is 5.75. The average molecular weight is 250 g/mol. The molecule has 0 spiro atoms. The lowest BCUT2D eigenvalue weighted by molar-refractivity contribution is -0.139. The van der Waals surface area contributed by atoms with E-state index in [0.29, 0.717) is 6.54 Å². The summed E-state index contributed by atoms with van der Waals surface area (Å²) in [7, 11) is 0. The molecule has 1 aromatic carbocycles. The summed E-state index contributed by atoms with van der Waals surface area (Å²) in [4.78, 5) is 23.7. The van der Waals surface area contributed by atoms with E-state index in [4.69, 9.17) is 10.8 Å². The predicted octanol–water partition coefficient (Wildman–Crippen LogP) is 1.82. The highest BCUT2D eigenvalue weighted by Crippen LogP contribution is 2.21. The van der Waals surface area contributed by atoms with Crippen LogP contribution in [0.4, 0.5) is 4.79 Å². The Hall–Kier alpha value is -2.04. The molecule has 0 unspecified atom stereocenters. The van der Waals surface area contributed by atoms with Crippen molar-refractivity contribution in [2.75, 3.05) is 0 Å². The van der Waals surface area contributed by atoms with Gasteiger partial charge >= 0.3 is 12.0 Å². The minimum Gasteiger partial charge on any atom is -0.481 e. The molecule has 0 radical (unpaired) electrons. The summed E-state index contributed by atoms with van der Waals surface area (Å²) in [6.07, 6.45) is -0.150. The van der Waals surface area contributed by atoms with Crippen molar-refractivity contribution in [3.63, 3.8) is 0 Å². The van der Waals surface area contributed by atoms with Gasteiger partial charge in [0.2, 0.25) is 0 Å². The third-order valence-corrected chi connectivity index (χ3v) is 2.76. The van der Waals surface area contributed by atoms with Gasteiger partial charge in [-0.1, -0.05) is 30.3 Å². The van der Waals surface area contributed by atoms with Crippen molar-refractivity contribution >= 4 is 12.0 Å². The van der Waals surface area contributed by atoms with Crippen LogP contribution >= 0.6 is 0 Å². The molecule has 0 fully saturated rings. The number of aliphatic carboxylic acids is 1. The van der Waals surface area contributed by atoms with Crippen LogP contribution in [-0.4, -0.2) is 27.5 Å². The van der Waals surface area contributed by atoms with Crippen molar-refractivity contribution in [3.8, 4) is 0 Å². The van der Waals surface area contributed by atoms with E-state index in [1.807, 2.05) is 30.3 Å². The number of rotatable bonds is 5. The molecule has 0 aliphatic rings. The number of benzene rings is 1. The Kier molecular flexibility index (Phi) is 4.31. The number of amides is 2. The molecular formula is C13H18N2O3. The van der Waals surface area contributed by atoms with E-state index in [2.05, 4.69) is 0 Å². The number of carboxylic acids is 1. The third kappa shape index (κ3) is 3.76. The fourth-order valence-electron chi connectivity index (χ4n) is 1.82. The molecule has 98 valence electrons. The summed E-state index contributed by atoms with van der Waals surface area (Å²) in [6.45, 7) is 3.68. The normalized spacial score (nSPS) is 11.0. The Morgan fingerprint density at radius 1 is 1.28 bits per heavy atom. The molecule has 2 amide bonds. The van der Waals surface area contributed by atoms with Gasteiger partial charge in [0.25, 0.3) is 0 Å². The molecule has 0 aliphatic heterocycles. The second-order valence-corrected chi connectivity index (χ2v) is 4.79. The lowest BCUT2D eigenvalue weighted by Crippen LogP contribution is -2.50. The zero-order chi connectivity index (χ0) is 13.8. The fraction of sp³-hybridized carbons (Fsp3) is 0.385. The van der Waals surface area contributed by atoms with Crippen molar-refractivity contribution in [2.45, 2.75) is 32.4 Å². The molecule has 0 atom stereocenters. The van der Waals surface area contributed by atoms with Crippen LogP contribution in [0.15, 0.2) is 30.3 Å². The quantitative estimate of drug-likeness (QED) is 0.836. The first-order valence-corrected chi connectivity index (χ1v) is 5.66. The average Bonchev–Trinajstić information content (AvgIpc) is 2.25. The van der Waals surface area contributed by atoms with Gasteiger partial charge in [-0.2, -0.15) is 0 Å². The Morgan fingerprint density at radius 3 is 2.28 bits per heavy atom. The molecule has 0 bridgehead atoms. The molecule has 5 heteroatoms. The van der Waals surface area contributed by atoms with Gasteiger partial charge in [0.1, 0.15) is 0 Å². The summed E-state index contributed by atoms with van der Waals surface area (Å²) < 4.78 is 0. The van der Waals surface area contributed by atoms with Crippen LogP contribution in [0, 0.1) is 0 Å². The highest BCUT2D eigenvalue weighted by atomic mass is 16.4. The summed E-state index contributed by atoms with van der Waals surface area (Å²) in [5.41, 5.74) is 5.43. The van der Waals surface area contributed by atoms with E-state index in [9.17, 15) is 9.59 Å². The second kappa shape index (κ2) is 5.53. The first kappa shape index (κ1) is 14.0. The number of primary amides is 1. The SMILES string of the molecule is CC(C)(CC(=O)O)N(Cc1ccccc1)C(N)=O. The van der Waals surface area contributed by atoms with Crippen LogP contribution in [0.1, 0.15) is 25.8 Å². The number of urea groups is 1. The van der Waals surface area contributed by atoms with Crippen LogP contribution in [0.2, 0.25) is 0 Å². The molecule has 1 rings (SSSR count). The first-order chi connectivity index (χ1) is 8.33. The number of nitrogens with two attached hydrogens (primary N) is 1. The molecule has 0 aliphatic carbocycles. The van der Waals surface area contributed by atoms with Gasteiger partial charge in [-0.15, -0.1) is 0 Å². The highest BCUT2D eigenvalue weighted by Gasteiger charge is 2.31. The molecule has 5 nitrogen and oxygen atoms in total. The fourth-order valence-corrected chi connectivity index (χ4v) is 1.82. The maximum atomic E-state index is 11.5. The van der Waals surface area contributed by atoms with Gasteiger partial charge in [0, 0.05) is 12.1 Å². The zero-order valence-electron chi connectivity index (χ0n) is 10.6. The number of carbonyl (C=O) groups excluding carboxylic acids is 1. The second-order valence-electron chi connectivity index (χ2n) is 4.79. The van der Waals surface area contributed by atoms with Crippen LogP contribution in [0.3, 0.4) is 0 Å². The van der Waals surface area contributed by atoms with E-state index < -0.39 is 17.5 Å². The molecule has 3 N–H and O–H groups in total. The topological polar surface area (TPSA) is 83.6 Å². The Labute approximate surface area is 106 Å². The van der Waals surface area contributed by atoms with Crippen LogP contribution < -0.4 is 5.73 Å². The third-order valence-electron chi connectivity index (χ3n) is 2.76. The smallest absolute Gasteiger partial charge is 0.315 e. The summed E-state index contributed by atoms with van der Waals surface area (Å²) in [6, 6.07) is 8.71. The zero-order valence-corrected chi connectivity index (χ0v) is 10.6. The standard InChI is InChI=1S/C13H18N2O3/c1-13(2,8-11(16)17)15(12(14)18)9-10-6-4-3-5-7-10/h3-7H,8-9H2,1-2H3,(H2,14,18)(H,16,17). The van der Waals surface area contributed by atoms with Crippen LogP contribution in [-0.2, 0) is 11.3 Å². The first-order valence-electron chi connectivity index (χ1n) is 5.66. The number of hydrogen-bond donors (Lipinski definition) is 2. The van der Waals surface area contributed by atoms with Gasteiger partial charge in [-0.3, -0.25) is 4.79 Å². The van der Waals surface area contributed by atoms with Crippen LogP contribution in [0.25, 0.3) is 0 Å². The van der Waals surface area contributed by atoms with E-state index in [1.165, 1.54) is 4.90 Å². The van der Waals surface area contributed by atoms with E-state index >= 15 is 0 Å². The Balaban J connectivity index is 2.90. The lowest BCUT2D eigenvalue weighted by Gasteiger charge is -2.36. The maximum Gasteiger partial charge on any atom is 0.315 e. The molecule has 1 aromatic rings. The van der Waals surface area contributed by atoms with Crippen molar-refractivity contribution in [3.05, 3.63) is 35.9 Å². The van der Waals surface area contributed by atoms with E-state index in [0.717, 1.165) is 5.56 Å². The van der Waals surface area contributed by atoms with Gasteiger partial charge in [0.15, 0.2) is 0 Å². The predicted molar refractivity (Wildman–Crippen MR) is 67.9 cm³/mol. The van der Waals surface area contributed by atoms with E-state index in [1.54, 1.807) is 13.8 Å². The van der Waals surface area contributed by atoms with Crippen molar-refractivity contribution < 1.29 is 14.7 Å². The van der Waals surface area contributed by atoms with Gasteiger partial charge < -0.3 is 15.7 Å². The molecule has 0 aromatic heterocycles. The summed E-state index contributed by atoms with van der Waals surface area (Å²) >= 11 is 0. The Bertz CT molecular complexity index is 429. The monoisotopic (exact) mass is 250 g/mol. The minimum atomic E-state index is -0.959. The van der Waals surface area contributed by atoms with Gasteiger partial charge in [-0.25, -0.2) is 4.79 Å². The molecular weight excluding hydrogens is 232 g/mol. The van der Waals surface area contributed by atoms with Gasteiger partial charge in [0.05, 0.1) is 6.42 Å². The molecule has 0 heterocycles. The molecule has 0 saturated carbocycles. The lowest BCUT2D eigenvalue weighted by atomic mass is 9.97. The van der Waals surface area contributed by atoms with Crippen molar-refractivity contribution in [1.82, 2.24) is 4.90 Å². The summed E-state index contributed by atoms with van der Waals surface area (Å²) in [5.74, 6) is -0.959. The van der Waals surface area contributed by atoms with E-state index in [-0.39, 0.29) is 6.42 Å². The maximum absolute atomic E-state index is 11.5. The van der Waals surface area contributed by atoms with Crippen molar-refractivity contribution in [1.29, 1.82) is 0 Å². The number of carboxylic acid groups (broad SMARTS) is 1. The number of hydrogen-bond acceptors (Lipinski definition) is 2. The summed E-state index contributed by atoms with van der Waals surface area (Å²) in [5, 5.41) is 8.87. The largest absolute Gasteiger partial charge is 0.481 e. The Morgan fingerprint density at radius 2 is 1.83 bits per heavy atom. The minimum absolute atomic E-state index is 0.150. The molecule has 18 heavy (non-hydrogen) atoms. The van der Waals surface area contributed by atoms with Gasteiger partial charge in [-0.05, 0) is 19.4 Å².